The van der Waals surface area contributed by atoms with Crippen molar-refractivity contribution in [2.45, 2.75) is 20.8 Å². The summed E-state index contributed by atoms with van der Waals surface area (Å²) < 4.78 is 1.85. The van der Waals surface area contributed by atoms with Crippen LogP contribution in [-0.2, 0) is 4.79 Å². The Morgan fingerprint density at radius 3 is 2.52 bits per heavy atom. The number of carbonyl (C=O) groups is 2. The molecule has 2 N–H and O–H groups in total. The molecule has 7 heteroatoms. The van der Waals surface area contributed by atoms with Gasteiger partial charge >= 0.3 is 5.97 Å². The summed E-state index contributed by atoms with van der Waals surface area (Å²) in [5, 5.41) is 21.8. The minimum Gasteiger partial charge on any atom is -0.478 e. The van der Waals surface area contributed by atoms with Gasteiger partial charge in [0.2, 0.25) is 0 Å². The van der Waals surface area contributed by atoms with E-state index in [2.05, 4.69) is 5.32 Å². The lowest BCUT2D eigenvalue weighted by atomic mass is 10.1. The third-order valence-electron chi connectivity index (χ3n) is 4.85. The van der Waals surface area contributed by atoms with Crippen LogP contribution < -0.4 is 5.32 Å². The molecule has 0 fully saturated rings. The molecule has 0 saturated carbocycles. The van der Waals surface area contributed by atoms with Crippen molar-refractivity contribution < 1.29 is 14.7 Å². The normalized spacial score (nSPS) is 11.1. The van der Waals surface area contributed by atoms with Gasteiger partial charge in [-0.25, -0.2) is 4.79 Å². The molecule has 1 amide bonds. The van der Waals surface area contributed by atoms with E-state index in [4.69, 9.17) is 11.6 Å². The van der Waals surface area contributed by atoms with Gasteiger partial charge < -0.3 is 15.0 Å². The summed E-state index contributed by atoms with van der Waals surface area (Å²) in [5.41, 5.74) is 4.44. The molecule has 0 saturated heterocycles. The van der Waals surface area contributed by atoms with Crippen LogP contribution in [0.4, 0.5) is 5.69 Å². The van der Waals surface area contributed by atoms with E-state index in [1.54, 1.807) is 12.1 Å². The number of carbonyl (C=O) groups excluding carboxylic acids is 1. The second-order valence-electron chi connectivity index (χ2n) is 7.12. The fourth-order valence-corrected chi connectivity index (χ4v) is 3.57. The molecule has 0 atom stereocenters. The highest BCUT2D eigenvalue weighted by Crippen LogP contribution is 2.26. The lowest BCUT2D eigenvalue weighted by molar-refractivity contribution is -0.112. The molecule has 2 aromatic carbocycles. The molecule has 31 heavy (non-hydrogen) atoms. The maximum atomic E-state index is 12.6. The highest BCUT2D eigenvalue weighted by Gasteiger charge is 2.16. The Hall–Kier alpha value is -3.82. The molecule has 3 rings (SSSR count). The molecule has 156 valence electrons. The number of aryl methyl sites for hydroxylation is 2. The van der Waals surface area contributed by atoms with Crippen molar-refractivity contribution >= 4 is 35.2 Å². The summed E-state index contributed by atoms with van der Waals surface area (Å²) in [6.45, 7) is 5.61. The summed E-state index contributed by atoms with van der Waals surface area (Å²) >= 11 is 5.98. The summed E-state index contributed by atoms with van der Waals surface area (Å²) in [6.07, 6.45) is 1.53. The lowest BCUT2D eigenvalue weighted by Gasteiger charge is -2.11. The quantitative estimate of drug-likeness (QED) is 0.421. The van der Waals surface area contributed by atoms with Crippen LogP contribution in [0.2, 0.25) is 5.02 Å². The van der Waals surface area contributed by atoms with E-state index in [9.17, 15) is 20.0 Å². The van der Waals surface area contributed by atoms with E-state index < -0.39 is 11.9 Å². The molecular formula is C24H20ClN3O3. The van der Waals surface area contributed by atoms with E-state index >= 15 is 0 Å². The first-order chi connectivity index (χ1) is 14.7. The molecule has 0 aliphatic rings. The largest absolute Gasteiger partial charge is 0.478 e. The first-order valence-electron chi connectivity index (χ1n) is 9.43. The topological polar surface area (TPSA) is 95.1 Å². The van der Waals surface area contributed by atoms with E-state index in [1.165, 1.54) is 18.2 Å². The molecule has 6 nitrogen and oxygen atoms in total. The maximum absolute atomic E-state index is 12.6. The average molecular weight is 434 g/mol. The number of nitrogens with zero attached hydrogens (tertiary/aromatic N) is 2. The van der Waals surface area contributed by atoms with Gasteiger partial charge in [0, 0.05) is 22.8 Å². The monoisotopic (exact) mass is 433 g/mol. The van der Waals surface area contributed by atoms with Crippen molar-refractivity contribution in [2.24, 2.45) is 0 Å². The van der Waals surface area contributed by atoms with Gasteiger partial charge in [-0.2, -0.15) is 5.26 Å². The van der Waals surface area contributed by atoms with Crippen LogP contribution in [0.5, 0.6) is 0 Å². The first-order valence-corrected chi connectivity index (χ1v) is 9.81. The molecule has 0 spiro atoms. The van der Waals surface area contributed by atoms with Crippen LogP contribution in [-0.4, -0.2) is 21.6 Å². The number of nitrogens with one attached hydrogen (secondary N) is 1. The molecule has 0 radical (unpaired) electrons. The number of hydrogen-bond acceptors (Lipinski definition) is 3. The third kappa shape index (κ3) is 4.68. The Balaban J connectivity index is 1.98. The van der Waals surface area contributed by atoms with Gasteiger partial charge in [0.05, 0.1) is 10.6 Å². The molecule has 1 aromatic heterocycles. The Morgan fingerprint density at radius 2 is 1.87 bits per heavy atom. The number of nitriles is 1. The summed E-state index contributed by atoms with van der Waals surface area (Å²) in [5.74, 6) is -1.62. The Kier molecular flexibility index (Phi) is 6.28. The van der Waals surface area contributed by atoms with Crippen LogP contribution in [0, 0.1) is 32.1 Å². The zero-order chi connectivity index (χ0) is 22.7. The van der Waals surface area contributed by atoms with Gasteiger partial charge in [0.25, 0.3) is 5.91 Å². The smallest absolute Gasteiger partial charge is 0.337 e. The van der Waals surface area contributed by atoms with Crippen LogP contribution in [0.15, 0.2) is 54.1 Å². The second kappa shape index (κ2) is 8.90. The third-order valence-corrected chi connectivity index (χ3v) is 5.18. The number of halogens is 1. The Morgan fingerprint density at radius 1 is 1.13 bits per heavy atom. The van der Waals surface area contributed by atoms with Gasteiger partial charge in [-0.1, -0.05) is 23.7 Å². The van der Waals surface area contributed by atoms with Crippen molar-refractivity contribution in [1.29, 1.82) is 5.26 Å². The molecular weight excluding hydrogens is 414 g/mol. The average Bonchev–Trinajstić information content (AvgIpc) is 2.99. The Labute approximate surface area is 185 Å². The SMILES string of the molecule is Cc1cccc(NC(=O)/C(C#N)=C\c2cc(C)n(-c3ccc(Cl)c(C(=O)O)c3)c2C)c1. The molecule has 3 aromatic rings. The molecule has 0 aliphatic carbocycles. The minimum absolute atomic E-state index is 0.000921. The van der Waals surface area contributed by atoms with E-state index in [-0.39, 0.29) is 16.2 Å². The number of carboxylic acids is 1. The van der Waals surface area contributed by atoms with Crippen molar-refractivity contribution in [2.75, 3.05) is 5.32 Å². The van der Waals surface area contributed by atoms with E-state index in [0.29, 0.717) is 16.9 Å². The van der Waals surface area contributed by atoms with Crippen molar-refractivity contribution in [3.05, 3.63) is 87.2 Å². The number of aromatic nitrogens is 1. The fourth-order valence-electron chi connectivity index (χ4n) is 3.37. The number of amides is 1. The molecule has 0 unspecified atom stereocenters. The van der Waals surface area contributed by atoms with Crippen LogP contribution >= 0.6 is 11.6 Å². The van der Waals surface area contributed by atoms with E-state index in [1.807, 2.05) is 55.7 Å². The summed E-state index contributed by atoms with van der Waals surface area (Å²) in [7, 11) is 0. The number of aromatic carboxylic acids is 1. The second-order valence-corrected chi connectivity index (χ2v) is 7.53. The van der Waals surface area contributed by atoms with Crippen LogP contribution in [0.25, 0.3) is 11.8 Å². The lowest BCUT2D eigenvalue weighted by Crippen LogP contribution is -2.13. The van der Waals surface area contributed by atoms with Crippen LogP contribution in [0.1, 0.15) is 32.9 Å². The zero-order valence-corrected chi connectivity index (χ0v) is 18.0. The minimum atomic E-state index is -1.12. The number of benzene rings is 2. The van der Waals surface area contributed by atoms with Gasteiger partial charge in [-0.05, 0) is 74.4 Å². The van der Waals surface area contributed by atoms with E-state index in [0.717, 1.165) is 17.0 Å². The van der Waals surface area contributed by atoms with Gasteiger partial charge in [-0.15, -0.1) is 0 Å². The predicted octanol–water partition coefficient (Wildman–Crippen LogP) is 5.30. The fraction of sp³-hybridized carbons (Fsp3) is 0.125. The zero-order valence-electron chi connectivity index (χ0n) is 17.2. The van der Waals surface area contributed by atoms with Crippen molar-refractivity contribution in [1.82, 2.24) is 4.57 Å². The highest BCUT2D eigenvalue weighted by atomic mass is 35.5. The maximum Gasteiger partial charge on any atom is 0.337 e. The van der Waals surface area contributed by atoms with Crippen molar-refractivity contribution in [3.63, 3.8) is 0 Å². The molecule has 0 bridgehead atoms. The molecule has 1 heterocycles. The van der Waals surface area contributed by atoms with Crippen LogP contribution in [0.3, 0.4) is 0 Å². The summed E-state index contributed by atoms with van der Waals surface area (Å²) in [6, 6.07) is 15.9. The number of hydrogen-bond donors (Lipinski definition) is 2. The van der Waals surface area contributed by atoms with Crippen molar-refractivity contribution in [3.8, 4) is 11.8 Å². The number of carboxylic acid groups (broad SMARTS) is 1. The predicted molar refractivity (Wildman–Crippen MR) is 121 cm³/mol. The number of anilines is 1. The standard InChI is InChI=1S/C24H20ClN3O3/c1-14-5-4-6-19(9-14)27-23(29)18(13-26)11-17-10-15(2)28(16(17)3)20-7-8-22(25)21(12-20)24(30)31/h4-12H,1-3H3,(H,27,29)(H,30,31)/b18-11-. The first kappa shape index (κ1) is 21.9. The van der Waals surface area contributed by atoms with Gasteiger partial charge in [0.15, 0.2) is 0 Å². The highest BCUT2D eigenvalue weighted by molar-refractivity contribution is 6.33. The number of rotatable bonds is 5. The molecule has 0 aliphatic heterocycles. The van der Waals surface area contributed by atoms with Gasteiger partial charge in [-0.3, -0.25) is 4.79 Å². The summed E-state index contributed by atoms with van der Waals surface area (Å²) in [4.78, 5) is 24.0. The Bertz CT molecular complexity index is 1270. The van der Waals surface area contributed by atoms with Gasteiger partial charge in [0.1, 0.15) is 11.6 Å².